The van der Waals surface area contributed by atoms with E-state index < -0.39 is 0 Å². The molecule has 3 heteroatoms. The monoisotopic (exact) mass is 252 g/mol. The van der Waals surface area contributed by atoms with E-state index >= 15 is 0 Å². The Morgan fingerprint density at radius 1 is 1.22 bits per heavy atom. The Labute approximate surface area is 111 Å². The zero-order valence-electron chi connectivity index (χ0n) is 11.8. The quantitative estimate of drug-likeness (QED) is 0.808. The van der Waals surface area contributed by atoms with Crippen molar-refractivity contribution in [2.45, 2.75) is 45.1 Å². The minimum atomic E-state index is 0.491. The number of hydrogen-bond donors (Lipinski definition) is 1. The molecule has 1 aliphatic carbocycles. The molecule has 0 spiro atoms. The van der Waals surface area contributed by atoms with Crippen LogP contribution in [0, 0.1) is 11.3 Å². The lowest BCUT2D eigenvalue weighted by Gasteiger charge is -2.40. The summed E-state index contributed by atoms with van der Waals surface area (Å²) in [7, 11) is 0. The highest BCUT2D eigenvalue weighted by Crippen LogP contribution is 2.34. The van der Waals surface area contributed by atoms with Crippen LogP contribution in [0.1, 0.15) is 39.0 Å². The summed E-state index contributed by atoms with van der Waals surface area (Å²) < 4.78 is 5.59. The zero-order chi connectivity index (χ0) is 12.4. The van der Waals surface area contributed by atoms with Crippen LogP contribution in [0.15, 0.2) is 0 Å². The molecule has 1 N–H and O–H groups in total. The lowest BCUT2D eigenvalue weighted by molar-refractivity contribution is -0.00153. The van der Waals surface area contributed by atoms with Gasteiger partial charge in [0.05, 0.1) is 0 Å². The first kappa shape index (κ1) is 12.9. The molecule has 1 unspecified atom stereocenters. The van der Waals surface area contributed by atoms with Crippen LogP contribution in [-0.4, -0.2) is 50.3 Å². The van der Waals surface area contributed by atoms with E-state index in [4.69, 9.17) is 4.74 Å². The van der Waals surface area contributed by atoms with E-state index in [1.165, 1.54) is 58.3 Å². The van der Waals surface area contributed by atoms with Crippen LogP contribution in [0.2, 0.25) is 0 Å². The number of rotatable bonds is 5. The fourth-order valence-electron chi connectivity index (χ4n) is 3.49. The van der Waals surface area contributed by atoms with Crippen molar-refractivity contribution in [3.8, 4) is 0 Å². The molecule has 0 radical (unpaired) electrons. The molecule has 1 atom stereocenters. The molecule has 2 heterocycles. The Bertz CT molecular complexity index is 272. The van der Waals surface area contributed by atoms with Crippen LogP contribution in [-0.2, 0) is 4.74 Å². The first-order chi connectivity index (χ1) is 8.76. The smallest absolute Gasteiger partial charge is 0.0472 e. The summed E-state index contributed by atoms with van der Waals surface area (Å²) in [6.07, 6.45) is 6.68. The van der Waals surface area contributed by atoms with E-state index in [-0.39, 0.29) is 0 Å². The molecule has 0 bridgehead atoms. The lowest BCUT2D eigenvalue weighted by atomic mass is 9.79. The molecule has 3 nitrogen and oxygen atoms in total. The maximum Gasteiger partial charge on any atom is 0.0472 e. The Balaban J connectivity index is 1.56. The number of ether oxygens (including phenoxy) is 1. The molecule has 3 rings (SSSR count). The Hall–Kier alpha value is -0.120. The van der Waals surface area contributed by atoms with Gasteiger partial charge in [-0.3, -0.25) is 0 Å². The predicted molar refractivity (Wildman–Crippen MR) is 73.7 cm³/mol. The maximum atomic E-state index is 5.59. The Morgan fingerprint density at radius 3 is 2.61 bits per heavy atom. The summed E-state index contributed by atoms with van der Waals surface area (Å²) >= 11 is 0. The fourth-order valence-corrected chi connectivity index (χ4v) is 3.49. The normalized spacial score (nSPS) is 32.8. The van der Waals surface area contributed by atoms with E-state index in [1.54, 1.807) is 0 Å². The van der Waals surface area contributed by atoms with Crippen molar-refractivity contribution < 1.29 is 4.74 Å². The highest BCUT2D eigenvalue weighted by molar-refractivity contribution is 4.92. The van der Waals surface area contributed by atoms with Crippen molar-refractivity contribution in [2.75, 3.05) is 39.4 Å². The number of hydrogen-bond acceptors (Lipinski definition) is 3. The van der Waals surface area contributed by atoms with Crippen molar-refractivity contribution in [1.82, 2.24) is 10.2 Å². The summed E-state index contributed by atoms with van der Waals surface area (Å²) in [6.45, 7) is 9.45. The van der Waals surface area contributed by atoms with Gasteiger partial charge >= 0.3 is 0 Å². The molecule has 18 heavy (non-hydrogen) atoms. The van der Waals surface area contributed by atoms with Gasteiger partial charge in [-0.1, -0.05) is 6.92 Å². The summed E-state index contributed by atoms with van der Waals surface area (Å²) in [5, 5.41) is 3.77. The van der Waals surface area contributed by atoms with Gasteiger partial charge in [0, 0.05) is 38.9 Å². The van der Waals surface area contributed by atoms with E-state index in [9.17, 15) is 0 Å². The highest BCUT2D eigenvalue weighted by Gasteiger charge is 2.37. The highest BCUT2D eigenvalue weighted by atomic mass is 16.5. The van der Waals surface area contributed by atoms with Gasteiger partial charge < -0.3 is 15.0 Å². The second-order valence-electron chi connectivity index (χ2n) is 6.90. The van der Waals surface area contributed by atoms with Crippen LogP contribution >= 0.6 is 0 Å². The van der Waals surface area contributed by atoms with Gasteiger partial charge in [0.15, 0.2) is 0 Å². The predicted octanol–water partition coefficient (Wildman–Crippen LogP) is 1.88. The van der Waals surface area contributed by atoms with Crippen LogP contribution in [0.25, 0.3) is 0 Å². The van der Waals surface area contributed by atoms with E-state index in [0.29, 0.717) is 5.41 Å². The van der Waals surface area contributed by atoms with Crippen molar-refractivity contribution >= 4 is 0 Å². The van der Waals surface area contributed by atoms with Crippen LogP contribution in [0.3, 0.4) is 0 Å². The van der Waals surface area contributed by atoms with Crippen molar-refractivity contribution in [3.05, 3.63) is 0 Å². The van der Waals surface area contributed by atoms with Crippen LogP contribution < -0.4 is 5.32 Å². The SMILES string of the molecule is CC1CCN(CC2(CNC3CC3)CCOCC2)C1. The van der Waals surface area contributed by atoms with Crippen molar-refractivity contribution in [2.24, 2.45) is 11.3 Å². The molecule has 104 valence electrons. The van der Waals surface area contributed by atoms with Gasteiger partial charge in [0.25, 0.3) is 0 Å². The van der Waals surface area contributed by atoms with Gasteiger partial charge in [-0.05, 0) is 50.0 Å². The average Bonchev–Trinajstić information content (AvgIpc) is 3.12. The maximum absolute atomic E-state index is 5.59. The zero-order valence-corrected chi connectivity index (χ0v) is 11.8. The molecule has 1 saturated carbocycles. The van der Waals surface area contributed by atoms with Crippen molar-refractivity contribution in [1.29, 1.82) is 0 Å². The van der Waals surface area contributed by atoms with Crippen LogP contribution in [0.5, 0.6) is 0 Å². The summed E-state index contributed by atoms with van der Waals surface area (Å²) in [5.74, 6) is 0.901. The third-order valence-electron chi connectivity index (χ3n) is 4.96. The molecular weight excluding hydrogens is 224 g/mol. The minimum Gasteiger partial charge on any atom is -0.381 e. The molecular formula is C15H28N2O. The van der Waals surface area contributed by atoms with Gasteiger partial charge in [-0.2, -0.15) is 0 Å². The van der Waals surface area contributed by atoms with Gasteiger partial charge in [-0.15, -0.1) is 0 Å². The molecule has 3 fully saturated rings. The molecule has 0 aromatic carbocycles. The molecule has 2 saturated heterocycles. The topological polar surface area (TPSA) is 24.5 Å². The van der Waals surface area contributed by atoms with Gasteiger partial charge in [-0.25, -0.2) is 0 Å². The third-order valence-corrected chi connectivity index (χ3v) is 4.96. The number of nitrogens with one attached hydrogen (secondary N) is 1. The summed E-state index contributed by atoms with van der Waals surface area (Å²) in [5.41, 5.74) is 0.491. The lowest BCUT2D eigenvalue weighted by Crippen LogP contribution is -2.47. The first-order valence-electron chi connectivity index (χ1n) is 7.79. The molecule has 0 aromatic rings. The second-order valence-corrected chi connectivity index (χ2v) is 6.90. The van der Waals surface area contributed by atoms with E-state index in [1.807, 2.05) is 0 Å². The largest absolute Gasteiger partial charge is 0.381 e. The number of likely N-dealkylation sites (tertiary alicyclic amines) is 1. The second kappa shape index (κ2) is 5.48. The molecule has 2 aliphatic heterocycles. The molecule has 0 aromatic heterocycles. The van der Waals surface area contributed by atoms with E-state index in [2.05, 4.69) is 17.1 Å². The van der Waals surface area contributed by atoms with E-state index in [0.717, 1.165) is 25.2 Å². The molecule has 3 aliphatic rings. The first-order valence-corrected chi connectivity index (χ1v) is 7.79. The van der Waals surface area contributed by atoms with Gasteiger partial charge in [0.2, 0.25) is 0 Å². The fraction of sp³-hybridized carbons (Fsp3) is 1.00. The molecule has 0 amide bonds. The standard InChI is InChI=1S/C15H28N2O/c1-13-4-7-17(10-13)12-15(5-8-18-9-6-15)11-16-14-2-3-14/h13-14,16H,2-12H2,1H3. The Kier molecular flexibility index (Phi) is 3.92. The summed E-state index contributed by atoms with van der Waals surface area (Å²) in [6, 6.07) is 0.835. The van der Waals surface area contributed by atoms with Crippen LogP contribution in [0.4, 0.5) is 0 Å². The minimum absolute atomic E-state index is 0.491. The third kappa shape index (κ3) is 3.25. The van der Waals surface area contributed by atoms with Gasteiger partial charge in [0.1, 0.15) is 0 Å². The summed E-state index contributed by atoms with van der Waals surface area (Å²) in [4.78, 5) is 2.70. The number of nitrogens with zero attached hydrogens (tertiary/aromatic N) is 1. The van der Waals surface area contributed by atoms with Crippen molar-refractivity contribution in [3.63, 3.8) is 0 Å². The average molecular weight is 252 g/mol. The Morgan fingerprint density at radius 2 is 2.00 bits per heavy atom.